The highest BCUT2D eigenvalue weighted by Gasteiger charge is 2.42. The largest absolute Gasteiger partial charge is 0.444 e. The van der Waals surface area contributed by atoms with Crippen molar-refractivity contribution in [3.8, 4) is 22.6 Å². The van der Waals surface area contributed by atoms with Gasteiger partial charge in [-0.15, -0.1) is 0 Å². The molecule has 0 spiro atoms. The highest BCUT2D eigenvalue weighted by atomic mass is 16.7. The molecule has 0 aliphatic carbocycles. The second-order valence-corrected chi connectivity index (χ2v) is 6.55. The zero-order valence-corrected chi connectivity index (χ0v) is 14.7. The molecule has 0 amide bonds. The normalized spacial score (nSPS) is 14.1. The van der Waals surface area contributed by atoms with Crippen LogP contribution < -0.4 is 9.47 Å². The Morgan fingerprint density at radius 2 is 0.778 bits per heavy atom. The van der Waals surface area contributed by atoms with Gasteiger partial charge in [0.05, 0.1) is 0 Å². The lowest BCUT2D eigenvalue weighted by molar-refractivity contribution is -0.0812. The quantitative estimate of drug-likeness (QED) is 0.440. The Balaban J connectivity index is 1.83. The van der Waals surface area contributed by atoms with E-state index in [0.717, 1.165) is 33.8 Å². The number of benzene rings is 4. The molecule has 1 aliphatic heterocycles. The molecule has 130 valence electrons. The van der Waals surface area contributed by atoms with Gasteiger partial charge in [0.15, 0.2) is 0 Å². The van der Waals surface area contributed by atoms with Gasteiger partial charge in [0.1, 0.15) is 11.5 Å². The third kappa shape index (κ3) is 2.58. The van der Waals surface area contributed by atoms with Gasteiger partial charge >= 0.3 is 5.79 Å². The number of para-hydroxylation sites is 2. The molecule has 27 heavy (non-hydrogen) atoms. The van der Waals surface area contributed by atoms with E-state index in [2.05, 4.69) is 12.1 Å². The zero-order valence-electron chi connectivity index (χ0n) is 14.7. The smallest absolute Gasteiger partial charge is 0.305 e. The summed E-state index contributed by atoms with van der Waals surface area (Å²) in [7, 11) is 0. The van der Waals surface area contributed by atoms with E-state index in [9.17, 15) is 0 Å². The third-order valence-corrected chi connectivity index (χ3v) is 4.88. The van der Waals surface area contributed by atoms with Gasteiger partial charge < -0.3 is 9.47 Å². The molecule has 0 saturated carbocycles. The lowest BCUT2D eigenvalue weighted by Gasteiger charge is -2.34. The van der Waals surface area contributed by atoms with Crippen molar-refractivity contribution in [1.29, 1.82) is 0 Å². The Hall–Kier alpha value is -3.52. The SMILES string of the molecule is c1ccc(C2(c3ccccc3)Oc3ccccc3-c3ccccc3O2)cc1. The summed E-state index contributed by atoms with van der Waals surface area (Å²) in [4.78, 5) is 0. The van der Waals surface area contributed by atoms with Gasteiger partial charge in [0.2, 0.25) is 0 Å². The predicted octanol–water partition coefficient (Wildman–Crippen LogP) is 6.03. The second-order valence-electron chi connectivity index (χ2n) is 6.55. The molecule has 2 nitrogen and oxygen atoms in total. The summed E-state index contributed by atoms with van der Waals surface area (Å²) in [5.74, 6) is 0.538. The number of ether oxygens (including phenoxy) is 2. The van der Waals surface area contributed by atoms with Gasteiger partial charge in [-0.3, -0.25) is 0 Å². The van der Waals surface area contributed by atoms with Crippen molar-refractivity contribution in [2.45, 2.75) is 5.79 Å². The van der Waals surface area contributed by atoms with E-state index in [-0.39, 0.29) is 0 Å². The van der Waals surface area contributed by atoms with Gasteiger partial charge in [-0.25, -0.2) is 0 Å². The molecule has 2 heteroatoms. The average Bonchev–Trinajstić information content (AvgIpc) is 2.90. The minimum Gasteiger partial charge on any atom is -0.444 e. The summed E-state index contributed by atoms with van der Waals surface area (Å²) >= 11 is 0. The molecule has 4 aromatic carbocycles. The molecular weight excluding hydrogens is 332 g/mol. The van der Waals surface area contributed by atoms with Crippen LogP contribution in [0.3, 0.4) is 0 Å². The van der Waals surface area contributed by atoms with Crippen LogP contribution in [-0.4, -0.2) is 0 Å². The second kappa shape index (κ2) is 6.33. The van der Waals surface area contributed by atoms with Crippen LogP contribution in [0, 0.1) is 0 Å². The fourth-order valence-electron chi connectivity index (χ4n) is 3.60. The lowest BCUT2D eigenvalue weighted by Crippen LogP contribution is -2.40. The number of hydrogen-bond donors (Lipinski definition) is 0. The van der Waals surface area contributed by atoms with Crippen molar-refractivity contribution in [1.82, 2.24) is 0 Å². The van der Waals surface area contributed by atoms with Crippen LogP contribution in [-0.2, 0) is 5.79 Å². The Labute approximate surface area is 158 Å². The van der Waals surface area contributed by atoms with Crippen LogP contribution in [0.1, 0.15) is 11.1 Å². The molecule has 1 aliphatic rings. The Morgan fingerprint density at radius 1 is 0.407 bits per heavy atom. The molecule has 1 heterocycles. The van der Waals surface area contributed by atoms with E-state index in [4.69, 9.17) is 9.47 Å². The third-order valence-electron chi connectivity index (χ3n) is 4.88. The molecular formula is C25H18O2. The van der Waals surface area contributed by atoms with Crippen LogP contribution >= 0.6 is 0 Å². The van der Waals surface area contributed by atoms with E-state index in [1.807, 2.05) is 97.1 Å². The van der Waals surface area contributed by atoms with Crippen molar-refractivity contribution in [3.05, 3.63) is 120 Å². The maximum absolute atomic E-state index is 6.68. The first kappa shape index (κ1) is 15.7. The highest BCUT2D eigenvalue weighted by molar-refractivity contribution is 5.76. The van der Waals surface area contributed by atoms with Crippen LogP contribution in [0.15, 0.2) is 109 Å². The summed E-state index contributed by atoms with van der Waals surface area (Å²) in [5.41, 5.74) is 3.95. The first-order valence-corrected chi connectivity index (χ1v) is 9.04. The molecule has 0 saturated heterocycles. The summed E-state index contributed by atoms with van der Waals surface area (Å²) in [6, 6.07) is 36.4. The molecule has 0 N–H and O–H groups in total. The average molecular weight is 350 g/mol. The van der Waals surface area contributed by atoms with E-state index in [1.54, 1.807) is 0 Å². The summed E-state index contributed by atoms with van der Waals surface area (Å²) in [6.45, 7) is 0. The molecule has 5 rings (SSSR count). The van der Waals surface area contributed by atoms with Crippen molar-refractivity contribution >= 4 is 0 Å². The minimum atomic E-state index is -1.06. The van der Waals surface area contributed by atoms with E-state index < -0.39 is 5.79 Å². The maximum Gasteiger partial charge on any atom is 0.305 e. The molecule has 0 unspecified atom stereocenters. The fraction of sp³-hybridized carbons (Fsp3) is 0.0400. The number of rotatable bonds is 2. The van der Waals surface area contributed by atoms with Gasteiger partial charge in [0, 0.05) is 22.3 Å². The monoisotopic (exact) mass is 350 g/mol. The Kier molecular flexibility index (Phi) is 3.68. The fourth-order valence-corrected chi connectivity index (χ4v) is 3.60. The molecule has 0 radical (unpaired) electrons. The van der Waals surface area contributed by atoms with Gasteiger partial charge in [-0.2, -0.15) is 0 Å². The van der Waals surface area contributed by atoms with Crippen LogP contribution in [0.4, 0.5) is 0 Å². The summed E-state index contributed by atoms with van der Waals surface area (Å²) < 4.78 is 13.4. The highest BCUT2D eigenvalue weighted by Crippen LogP contribution is 2.47. The molecule has 4 aromatic rings. The first-order chi connectivity index (χ1) is 13.4. The first-order valence-electron chi connectivity index (χ1n) is 9.04. The van der Waals surface area contributed by atoms with Crippen molar-refractivity contribution in [3.63, 3.8) is 0 Å². The van der Waals surface area contributed by atoms with Crippen molar-refractivity contribution in [2.75, 3.05) is 0 Å². The molecule has 0 fully saturated rings. The van der Waals surface area contributed by atoms with Gasteiger partial charge in [-0.05, 0) is 12.1 Å². The minimum absolute atomic E-state index is 0.801. The van der Waals surface area contributed by atoms with Gasteiger partial charge in [-0.1, -0.05) is 97.1 Å². The summed E-state index contributed by atoms with van der Waals surface area (Å²) in [6.07, 6.45) is 0. The number of fused-ring (bicyclic) bond motifs is 3. The van der Waals surface area contributed by atoms with Crippen molar-refractivity contribution < 1.29 is 9.47 Å². The number of hydrogen-bond acceptors (Lipinski definition) is 2. The van der Waals surface area contributed by atoms with E-state index in [0.29, 0.717) is 0 Å². The zero-order chi connectivity index (χ0) is 18.1. The molecule has 0 bridgehead atoms. The summed E-state index contributed by atoms with van der Waals surface area (Å²) in [5, 5.41) is 0. The standard InChI is InChI=1S/C25H18O2/c1-3-11-19(12-4-1)25(20-13-5-2-6-14-20)26-23-17-9-7-15-21(23)22-16-8-10-18-24(22)27-25/h1-18H. The Bertz CT molecular complexity index is 982. The van der Waals surface area contributed by atoms with Crippen molar-refractivity contribution in [2.24, 2.45) is 0 Å². The van der Waals surface area contributed by atoms with E-state index >= 15 is 0 Å². The van der Waals surface area contributed by atoms with E-state index in [1.165, 1.54) is 0 Å². The Morgan fingerprint density at radius 3 is 1.22 bits per heavy atom. The molecule has 0 aromatic heterocycles. The predicted molar refractivity (Wildman–Crippen MR) is 107 cm³/mol. The molecule has 0 atom stereocenters. The van der Waals surface area contributed by atoms with Gasteiger partial charge in [0.25, 0.3) is 0 Å². The lowest BCUT2D eigenvalue weighted by atomic mass is 9.97. The van der Waals surface area contributed by atoms with Crippen LogP contribution in [0.5, 0.6) is 11.5 Å². The van der Waals surface area contributed by atoms with Crippen LogP contribution in [0.25, 0.3) is 11.1 Å². The topological polar surface area (TPSA) is 18.5 Å². The van der Waals surface area contributed by atoms with Crippen LogP contribution in [0.2, 0.25) is 0 Å². The maximum atomic E-state index is 6.68.